The zero-order valence-electron chi connectivity index (χ0n) is 19.4. The number of amides is 1. The Hall–Kier alpha value is -2.34. The van der Waals surface area contributed by atoms with Gasteiger partial charge in [0.25, 0.3) is 11.6 Å². The number of aliphatic hydroxyl groups is 1. The first-order valence-corrected chi connectivity index (χ1v) is 14.2. The number of benzene rings is 1. The van der Waals surface area contributed by atoms with E-state index < -0.39 is 30.9 Å². The molecule has 3 rings (SSSR count). The third-order valence-corrected chi connectivity index (χ3v) is 9.34. The Morgan fingerprint density at radius 3 is 2.64 bits per heavy atom. The Morgan fingerprint density at radius 2 is 2.06 bits per heavy atom. The van der Waals surface area contributed by atoms with Crippen molar-refractivity contribution in [2.24, 2.45) is 5.92 Å². The van der Waals surface area contributed by atoms with Crippen molar-refractivity contribution >= 4 is 31.6 Å². The molecule has 11 heteroatoms. The SMILES string of the molecule is COC(=O)CCCCN1C(=O)[C@]2(O[C@H](CCO)[C@@H]([Si](C)(C)O)[C@@H]2C)c2cc([N+](=O)[O-])ccc21. The van der Waals surface area contributed by atoms with Gasteiger partial charge in [0.1, 0.15) is 0 Å². The lowest BCUT2D eigenvalue weighted by atomic mass is 9.82. The summed E-state index contributed by atoms with van der Waals surface area (Å²) in [4.78, 5) is 48.9. The first-order chi connectivity index (χ1) is 15.5. The van der Waals surface area contributed by atoms with Crippen molar-refractivity contribution in [1.82, 2.24) is 0 Å². The van der Waals surface area contributed by atoms with E-state index in [1.807, 2.05) is 6.92 Å². The molecule has 1 fully saturated rings. The van der Waals surface area contributed by atoms with Gasteiger partial charge in [-0.1, -0.05) is 6.92 Å². The number of carbonyl (C=O) groups excluding carboxylic acids is 2. The number of aliphatic hydroxyl groups excluding tert-OH is 1. The first-order valence-electron chi connectivity index (χ1n) is 11.2. The number of fused-ring (bicyclic) bond motifs is 2. The summed E-state index contributed by atoms with van der Waals surface area (Å²) in [5.74, 6) is -1.10. The Balaban J connectivity index is 2.03. The second kappa shape index (κ2) is 9.49. The van der Waals surface area contributed by atoms with Gasteiger partial charge in [-0.05, 0) is 38.4 Å². The zero-order valence-corrected chi connectivity index (χ0v) is 20.4. The van der Waals surface area contributed by atoms with Crippen molar-refractivity contribution in [3.05, 3.63) is 33.9 Å². The second-order valence-electron chi connectivity index (χ2n) is 9.32. The number of nitrogens with zero attached hydrogens (tertiary/aromatic N) is 2. The molecule has 33 heavy (non-hydrogen) atoms. The fraction of sp³-hybridized carbons (Fsp3) is 0.636. The molecule has 2 heterocycles. The summed E-state index contributed by atoms with van der Waals surface area (Å²) in [6, 6.07) is 4.31. The molecule has 1 aromatic rings. The summed E-state index contributed by atoms with van der Waals surface area (Å²) in [5.41, 5.74) is -1.00. The van der Waals surface area contributed by atoms with E-state index in [4.69, 9.17) is 4.74 Å². The van der Waals surface area contributed by atoms with Gasteiger partial charge in [0.05, 0.1) is 23.8 Å². The highest BCUT2D eigenvalue weighted by Gasteiger charge is 2.66. The molecule has 10 nitrogen and oxygen atoms in total. The Morgan fingerprint density at radius 1 is 1.36 bits per heavy atom. The number of unbranched alkanes of at least 4 members (excludes halogenated alkanes) is 1. The number of methoxy groups -OCH3 is 1. The fourth-order valence-electron chi connectivity index (χ4n) is 5.44. The number of hydrogen-bond acceptors (Lipinski definition) is 8. The average molecular weight is 481 g/mol. The van der Waals surface area contributed by atoms with Crippen molar-refractivity contribution in [3.8, 4) is 0 Å². The molecule has 0 unspecified atom stereocenters. The highest BCUT2D eigenvalue weighted by Crippen LogP contribution is 2.59. The van der Waals surface area contributed by atoms with Gasteiger partial charge < -0.3 is 24.3 Å². The number of esters is 1. The molecular formula is C22H32N2O8Si. The van der Waals surface area contributed by atoms with Crippen LogP contribution in [-0.2, 0) is 24.7 Å². The second-order valence-corrected chi connectivity index (χ2v) is 13.3. The molecule has 1 saturated heterocycles. The minimum atomic E-state index is -2.83. The summed E-state index contributed by atoms with van der Waals surface area (Å²) in [6.45, 7) is 5.54. The number of nitro groups is 1. The summed E-state index contributed by atoms with van der Waals surface area (Å²) in [7, 11) is -1.51. The molecule has 2 N–H and O–H groups in total. The standard InChI is InChI=1S/C22H32N2O8Si/c1-14-20(33(3,4)30)18(10-12-25)32-22(14)16-13-15(24(28)29)8-9-17(16)23(21(22)27)11-6-5-7-19(26)31-2/h8-9,13-14,18,20,25,30H,5-7,10-12H2,1-4H3/t14-,18+,20-,22+/m0/s1. The van der Waals surface area contributed by atoms with E-state index >= 15 is 0 Å². The van der Waals surface area contributed by atoms with Crippen LogP contribution in [0.25, 0.3) is 0 Å². The van der Waals surface area contributed by atoms with E-state index in [-0.39, 0.29) is 42.6 Å². The summed E-state index contributed by atoms with van der Waals surface area (Å²) in [6.07, 6.45) is 0.992. The topological polar surface area (TPSA) is 139 Å². The molecule has 0 aromatic heterocycles. The first kappa shape index (κ1) is 25.3. The van der Waals surface area contributed by atoms with E-state index in [2.05, 4.69) is 4.74 Å². The van der Waals surface area contributed by atoms with Crippen molar-refractivity contribution < 1.29 is 33.9 Å². The van der Waals surface area contributed by atoms with Gasteiger partial charge in [-0.15, -0.1) is 0 Å². The molecule has 0 aliphatic carbocycles. The Kier molecular flexibility index (Phi) is 7.27. The van der Waals surface area contributed by atoms with Crippen LogP contribution >= 0.6 is 0 Å². The lowest BCUT2D eigenvalue weighted by Gasteiger charge is -2.32. The van der Waals surface area contributed by atoms with E-state index in [0.29, 0.717) is 30.6 Å². The van der Waals surface area contributed by atoms with Gasteiger partial charge in [0.2, 0.25) is 0 Å². The van der Waals surface area contributed by atoms with E-state index in [1.165, 1.54) is 19.2 Å². The van der Waals surface area contributed by atoms with Crippen LogP contribution in [0.15, 0.2) is 18.2 Å². The van der Waals surface area contributed by atoms with Gasteiger partial charge in [0.15, 0.2) is 13.9 Å². The van der Waals surface area contributed by atoms with Crippen LogP contribution < -0.4 is 4.90 Å². The number of carbonyl (C=O) groups is 2. The smallest absolute Gasteiger partial charge is 0.305 e. The van der Waals surface area contributed by atoms with Gasteiger partial charge in [0, 0.05) is 48.7 Å². The third-order valence-electron chi connectivity index (χ3n) is 6.83. The third kappa shape index (κ3) is 4.42. The van der Waals surface area contributed by atoms with Gasteiger partial charge >= 0.3 is 5.97 Å². The van der Waals surface area contributed by atoms with Crippen LogP contribution in [0.3, 0.4) is 0 Å². The van der Waals surface area contributed by atoms with Gasteiger partial charge in [-0.2, -0.15) is 0 Å². The van der Waals surface area contributed by atoms with E-state index in [1.54, 1.807) is 24.1 Å². The molecule has 0 radical (unpaired) electrons. The van der Waals surface area contributed by atoms with E-state index in [9.17, 15) is 29.6 Å². The summed E-state index contributed by atoms with van der Waals surface area (Å²) in [5, 5.41) is 21.1. The molecule has 1 spiro atoms. The van der Waals surface area contributed by atoms with Crippen molar-refractivity contribution in [3.63, 3.8) is 0 Å². The normalized spacial score (nSPS) is 26.7. The van der Waals surface area contributed by atoms with Crippen molar-refractivity contribution in [1.29, 1.82) is 0 Å². The summed E-state index contributed by atoms with van der Waals surface area (Å²) >= 11 is 0. The monoisotopic (exact) mass is 480 g/mol. The van der Waals surface area contributed by atoms with Crippen LogP contribution in [0.1, 0.15) is 38.2 Å². The highest BCUT2D eigenvalue weighted by molar-refractivity contribution is 6.71. The van der Waals surface area contributed by atoms with Crippen LogP contribution in [-0.4, -0.2) is 61.4 Å². The molecular weight excluding hydrogens is 448 g/mol. The predicted octanol–water partition coefficient (Wildman–Crippen LogP) is 2.46. The number of hydrogen-bond donors (Lipinski definition) is 2. The minimum Gasteiger partial charge on any atom is -0.469 e. The molecule has 4 atom stereocenters. The maximum Gasteiger partial charge on any atom is 0.305 e. The molecule has 1 aromatic carbocycles. The minimum absolute atomic E-state index is 0.146. The van der Waals surface area contributed by atoms with Gasteiger partial charge in [-0.3, -0.25) is 19.7 Å². The van der Waals surface area contributed by atoms with Crippen LogP contribution in [0.2, 0.25) is 18.6 Å². The lowest BCUT2D eigenvalue weighted by molar-refractivity contribution is -0.385. The molecule has 182 valence electrons. The molecule has 0 bridgehead atoms. The quantitative estimate of drug-likeness (QED) is 0.181. The maximum absolute atomic E-state index is 13.9. The fourth-order valence-corrected chi connectivity index (χ4v) is 8.04. The average Bonchev–Trinajstić information content (AvgIpc) is 3.17. The molecule has 2 aliphatic heterocycles. The van der Waals surface area contributed by atoms with E-state index in [0.717, 1.165) is 0 Å². The van der Waals surface area contributed by atoms with Gasteiger partial charge in [-0.25, -0.2) is 0 Å². The number of anilines is 1. The van der Waals surface area contributed by atoms with Crippen LogP contribution in [0.4, 0.5) is 11.4 Å². The van der Waals surface area contributed by atoms with Crippen LogP contribution in [0, 0.1) is 16.0 Å². The van der Waals surface area contributed by atoms with Crippen LogP contribution in [0.5, 0.6) is 0 Å². The highest BCUT2D eigenvalue weighted by atomic mass is 28.4. The van der Waals surface area contributed by atoms with Crippen molar-refractivity contribution in [2.75, 3.05) is 25.2 Å². The molecule has 1 amide bonds. The zero-order chi connectivity index (χ0) is 24.6. The predicted molar refractivity (Wildman–Crippen MR) is 122 cm³/mol. The number of ether oxygens (including phenoxy) is 2. The Bertz CT molecular complexity index is 933. The number of rotatable bonds is 9. The summed E-state index contributed by atoms with van der Waals surface area (Å²) < 4.78 is 11.1. The maximum atomic E-state index is 13.9. The Labute approximate surface area is 193 Å². The number of non-ortho nitro benzene ring substituents is 1. The van der Waals surface area contributed by atoms with Crippen molar-refractivity contribution in [2.45, 2.75) is 62.9 Å². The number of nitro benzene ring substituents is 1. The lowest BCUT2D eigenvalue weighted by Crippen LogP contribution is -2.46. The molecule has 2 aliphatic rings. The largest absolute Gasteiger partial charge is 0.469 e. The molecule has 0 saturated carbocycles.